The van der Waals surface area contributed by atoms with Gasteiger partial charge in [0.2, 0.25) is 5.95 Å². The summed E-state index contributed by atoms with van der Waals surface area (Å²) >= 11 is 0. The minimum Gasteiger partial charge on any atom is -0.493 e. The van der Waals surface area contributed by atoms with E-state index in [-0.39, 0.29) is 0 Å². The van der Waals surface area contributed by atoms with Crippen LogP contribution in [0.2, 0.25) is 0 Å². The third-order valence-electron chi connectivity index (χ3n) is 4.73. The van der Waals surface area contributed by atoms with Gasteiger partial charge in [-0.05, 0) is 43.5 Å². The van der Waals surface area contributed by atoms with Gasteiger partial charge in [-0.1, -0.05) is 5.16 Å². The van der Waals surface area contributed by atoms with Gasteiger partial charge in [-0.2, -0.15) is 4.98 Å². The zero-order valence-electron chi connectivity index (χ0n) is 16.4. The summed E-state index contributed by atoms with van der Waals surface area (Å²) in [5.41, 5.74) is 3.33. The summed E-state index contributed by atoms with van der Waals surface area (Å²) in [5.74, 6) is 4.23. The summed E-state index contributed by atoms with van der Waals surface area (Å²) in [6.45, 7) is 5.34. The molecule has 8 nitrogen and oxygen atoms in total. The molecular formula is C20H23N5O3. The lowest BCUT2D eigenvalue weighted by molar-refractivity contribution is 0.353. The highest BCUT2D eigenvalue weighted by atomic mass is 16.5. The first-order chi connectivity index (χ1) is 13.6. The predicted octanol–water partition coefficient (Wildman–Crippen LogP) is 3.40. The zero-order chi connectivity index (χ0) is 19.7. The fraction of sp³-hybridized carbons (Fsp3) is 0.350. The zero-order valence-corrected chi connectivity index (χ0v) is 16.4. The van der Waals surface area contributed by atoms with Crippen molar-refractivity contribution in [3.05, 3.63) is 46.8 Å². The van der Waals surface area contributed by atoms with Gasteiger partial charge < -0.3 is 24.2 Å². The Morgan fingerprint density at radius 1 is 0.964 bits per heavy atom. The molecule has 0 aliphatic carbocycles. The number of benzene rings is 1. The number of nitrogens with zero attached hydrogens (tertiary/aromatic N) is 4. The summed E-state index contributed by atoms with van der Waals surface area (Å²) in [6, 6.07) is 7.81. The number of hydrogen-bond donors (Lipinski definition) is 1. The summed E-state index contributed by atoms with van der Waals surface area (Å²) in [5, 5.41) is 7.14. The molecule has 3 heterocycles. The molecule has 4 rings (SSSR count). The second kappa shape index (κ2) is 7.38. The number of fused-ring (bicyclic) bond motifs is 1. The summed E-state index contributed by atoms with van der Waals surface area (Å²) in [6.07, 6.45) is 0.887. The Morgan fingerprint density at radius 2 is 1.71 bits per heavy atom. The lowest BCUT2D eigenvalue weighted by Gasteiger charge is -2.30. The Morgan fingerprint density at radius 3 is 2.39 bits per heavy atom. The summed E-state index contributed by atoms with van der Waals surface area (Å²) in [4.78, 5) is 11.5. The van der Waals surface area contributed by atoms with Crippen molar-refractivity contribution in [2.45, 2.75) is 26.8 Å². The first-order valence-corrected chi connectivity index (χ1v) is 9.10. The Kier molecular flexibility index (Phi) is 4.77. The van der Waals surface area contributed by atoms with Crippen LogP contribution in [-0.4, -0.2) is 35.9 Å². The molecule has 0 amide bonds. The smallest absolute Gasteiger partial charge is 0.227 e. The molecule has 0 unspecified atom stereocenters. The molecule has 0 saturated heterocycles. The van der Waals surface area contributed by atoms with E-state index in [1.54, 1.807) is 14.2 Å². The molecular weight excluding hydrogens is 358 g/mol. The topological polar surface area (TPSA) is 85.5 Å². The highest BCUT2D eigenvalue weighted by molar-refractivity contribution is 5.55. The molecule has 8 heteroatoms. The lowest BCUT2D eigenvalue weighted by atomic mass is 9.99. The molecule has 3 aromatic rings. The van der Waals surface area contributed by atoms with E-state index in [9.17, 15) is 0 Å². The normalized spacial score (nSPS) is 13.2. The number of rotatable bonds is 5. The van der Waals surface area contributed by atoms with Crippen molar-refractivity contribution in [2.75, 3.05) is 31.0 Å². The Bertz CT molecular complexity index is 1000. The Labute approximate surface area is 163 Å². The van der Waals surface area contributed by atoms with E-state index in [0.717, 1.165) is 35.9 Å². The van der Waals surface area contributed by atoms with Crippen LogP contribution in [0.3, 0.4) is 0 Å². The SMILES string of the molecule is COc1cc2c(cc1OC)CN(c1nc(C)cc(Nc3cc(C)on3)n1)CC2. The number of hydrogen-bond acceptors (Lipinski definition) is 8. The second-order valence-corrected chi connectivity index (χ2v) is 6.79. The molecule has 1 aliphatic heterocycles. The molecule has 0 bridgehead atoms. The average molecular weight is 381 g/mol. The second-order valence-electron chi connectivity index (χ2n) is 6.79. The van der Waals surface area contributed by atoms with E-state index in [1.807, 2.05) is 32.0 Å². The molecule has 1 N–H and O–H groups in total. The van der Waals surface area contributed by atoms with Gasteiger partial charge in [0.05, 0.1) is 14.2 Å². The summed E-state index contributed by atoms with van der Waals surface area (Å²) in [7, 11) is 3.31. The van der Waals surface area contributed by atoms with Crippen LogP contribution in [0.5, 0.6) is 11.5 Å². The van der Waals surface area contributed by atoms with Crippen LogP contribution < -0.4 is 19.7 Å². The van der Waals surface area contributed by atoms with Gasteiger partial charge in [0.15, 0.2) is 17.3 Å². The molecule has 0 saturated carbocycles. The minimum atomic E-state index is 0.627. The maximum absolute atomic E-state index is 5.45. The van der Waals surface area contributed by atoms with Gasteiger partial charge >= 0.3 is 0 Å². The van der Waals surface area contributed by atoms with Gasteiger partial charge in [-0.3, -0.25) is 0 Å². The maximum Gasteiger partial charge on any atom is 0.227 e. The van der Waals surface area contributed by atoms with Crippen LogP contribution in [0.25, 0.3) is 0 Å². The fourth-order valence-corrected chi connectivity index (χ4v) is 3.37. The summed E-state index contributed by atoms with van der Waals surface area (Å²) < 4.78 is 16.0. The van der Waals surface area contributed by atoms with Crippen molar-refractivity contribution in [2.24, 2.45) is 0 Å². The van der Waals surface area contributed by atoms with Crippen molar-refractivity contribution >= 4 is 17.6 Å². The largest absolute Gasteiger partial charge is 0.493 e. The first-order valence-electron chi connectivity index (χ1n) is 9.10. The fourth-order valence-electron chi connectivity index (χ4n) is 3.37. The van der Waals surface area contributed by atoms with E-state index in [2.05, 4.69) is 31.4 Å². The lowest BCUT2D eigenvalue weighted by Crippen LogP contribution is -2.32. The van der Waals surface area contributed by atoms with Crippen molar-refractivity contribution in [1.29, 1.82) is 0 Å². The van der Waals surface area contributed by atoms with E-state index in [1.165, 1.54) is 11.1 Å². The van der Waals surface area contributed by atoms with Crippen LogP contribution in [0, 0.1) is 13.8 Å². The van der Waals surface area contributed by atoms with Gasteiger partial charge in [0.1, 0.15) is 11.6 Å². The highest BCUT2D eigenvalue weighted by Crippen LogP contribution is 2.34. The highest BCUT2D eigenvalue weighted by Gasteiger charge is 2.22. The molecule has 0 atom stereocenters. The van der Waals surface area contributed by atoms with Gasteiger partial charge in [0, 0.05) is 30.9 Å². The van der Waals surface area contributed by atoms with Crippen molar-refractivity contribution in [1.82, 2.24) is 15.1 Å². The third kappa shape index (κ3) is 3.58. The van der Waals surface area contributed by atoms with Crippen molar-refractivity contribution in [3.8, 4) is 11.5 Å². The van der Waals surface area contributed by atoms with Crippen LogP contribution >= 0.6 is 0 Å². The van der Waals surface area contributed by atoms with Crippen molar-refractivity contribution < 1.29 is 14.0 Å². The number of ether oxygens (including phenoxy) is 2. The standard InChI is InChI=1S/C20H23N5O3/c1-12-7-18(22-19-8-13(2)28-24-19)23-20(21-12)25-6-5-14-9-16(26-3)17(27-4)10-15(14)11-25/h7-10H,5-6,11H2,1-4H3,(H,21,22,23,24). The van der Waals surface area contributed by atoms with Crippen molar-refractivity contribution in [3.63, 3.8) is 0 Å². The molecule has 28 heavy (non-hydrogen) atoms. The van der Waals surface area contributed by atoms with E-state index < -0.39 is 0 Å². The minimum absolute atomic E-state index is 0.627. The Hall–Kier alpha value is -3.29. The first kappa shape index (κ1) is 18.1. The van der Waals surface area contributed by atoms with E-state index in [0.29, 0.717) is 24.1 Å². The van der Waals surface area contributed by atoms with Crippen LogP contribution in [0.4, 0.5) is 17.6 Å². The maximum atomic E-state index is 5.45. The van der Waals surface area contributed by atoms with Gasteiger partial charge in [-0.25, -0.2) is 4.98 Å². The van der Waals surface area contributed by atoms with E-state index >= 15 is 0 Å². The number of anilines is 3. The number of aryl methyl sites for hydroxylation is 2. The average Bonchev–Trinajstić information content (AvgIpc) is 3.10. The molecule has 0 spiro atoms. The monoisotopic (exact) mass is 381 g/mol. The molecule has 0 fully saturated rings. The predicted molar refractivity (Wildman–Crippen MR) is 106 cm³/mol. The van der Waals surface area contributed by atoms with Crippen LogP contribution in [0.1, 0.15) is 22.6 Å². The van der Waals surface area contributed by atoms with Gasteiger partial charge in [0.25, 0.3) is 0 Å². The quantitative estimate of drug-likeness (QED) is 0.720. The van der Waals surface area contributed by atoms with Crippen LogP contribution in [0.15, 0.2) is 28.8 Å². The van der Waals surface area contributed by atoms with Gasteiger partial charge in [-0.15, -0.1) is 0 Å². The number of nitrogens with one attached hydrogen (secondary N) is 1. The molecule has 146 valence electrons. The number of aromatic nitrogens is 3. The molecule has 0 radical (unpaired) electrons. The third-order valence-corrected chi connectivity index (χ3v) is 4.73. The van der Waals surface area contributed by atoms with E-state index in [4.69, 9.17) is 14.0 Å². The number of methoxy groups -OCH3 is 2. The molecule has 1 aromatic carbocycles. The Balaban J connectivity index is 1.60. The van der Waals surface area contributed by atoms with Crippen LogP contribution in [-0.2, 0) is 13.0 Å². The molecule has 2 aromatic heterocycles. The molecule has 1 aliphatic rings.